The van der Waals surface area contributed by atoms with Crippen LogP contribution >= 0.6 is 0 Å². The number of ketones is 1. The summed E-state index contributed by atoms with van der Waals surface area (Å²) >= 11 is 0. The van der Waals surface area contributed by atoms with E-state index in [2.05, 4.69) is 4.98 Å². The van der Waals surface area contributed by atoms with Gasteiger partial charge in [0.15, 0.2) is 11.5 Å². The van der Waals surface area contributed by atoms with Crippen LogP contribution in [0.15, 0.2) is 54.7 Å². The zero-order valence-corrected chi connectivity index (χ0v) is 15.3. The van der Waals surface area contributed by atoms with Gasteiger partial charge in [0, 0.05) is 11.8 Å². The van der Waals surface area contributed by atoms with E-state index in [0.29, 0.717) is 22.8 Å². The van der Waals surface area contributed by atoms with Crippen LogP contribution in [0.4, 0.5) is 0 Å². The number of H-pyrrole nitrogens is 1. The van der Waals surface area contributed by atoms with Gasteiger partial charge in [-0.2, -0.15) is 0 Å². The van der Waals surface area contributed by atoms with E-state index < -0.39 is 0 Å². The Morgan fingerprint density at radius 1 is 0.815 bits per heavy atom. The van der Waals surface area contributed by atoms with E-state index in [1.54, 1.807) is 33.6 Å². The largest absolute Gasteiger partial charge is 0.497 e. The molecule has 5 nitrogen and oxygen atoms in total. The SMILES string of the molecule is COc1ccc2c(C(=O)c3ccc[nH]3)cc3cc(OC)c(OC)cc3c2c1. The molecule has 0 radical (unpaired) electrons. The first-order valence-electron chi connectivity index (χ1n) is 8.51. The molecule has 1 N–H and O–H groups in total. The van der Waals surface area contributed by atoms with Crippen LogP contribution in [-0.4, -0.2) is 32.1 Å². The lowest BCUT2D eigenvalue weighted by Crippen LogP contribution is -2.03. The van der Waals surface area contributed by atoms with Gasteiger partial charge in [-0.3, -0.25) is 4.79 Å². The maximum Gasteiger partial charge on any atom is 0.209 e. The second kappa shape index (κ2) is 6.68. The molecule has 0 aliphatic rings. The number of aromatic amines is 1. The smallest absolute Gasteiger partial charge is 0.209 e. The number of benzene rings is 3. The molecular weight excluding hydrogens is 342 g/mol. The molecule has 0 aliphatic carbocycles. The Balaban J connectivity index is 2.09. The number of hydrogen-bond donors (Lipinski definition) is 1. The molecule has 0 saturated heterocycles. The highest BCUT2D eigenvalue weighted by Crippen LogP contribution is 2.38. The molecule has 0 unspecified atom stereocenters. The highest BCUT2D eigenvalue weighted by atomic mass is 16.5. The van der Waals surface area contributed by atoms with E-state index in [9.17, 15) is 4.79 Å². The molecule has 3 aromatic carbocycles. The minimum Gasteiger partial charge on any atom is -0.497 e. The number of rotatable bonds is 5. The number of carbonyl (C=O) groups excluding carboxylic acids is 1. The molecule has 27 heavy (non-hydrogen) atoms. The summed E-state index contributed by atoms with van der Waals surface area (Å²) in [5.74, 6) is 1.91. The van der Waals surface area contributed by atoms with Gasteiger partial charge >= 0.3 is 0 Å². The van der Waals surface area contributed by atoms with E-state index in [0.717, 1.165) is 27.3 Å². The Hall–Kier alpha value is -3.47. The molecule has 0 saturated carbocycles. The molecule has 4 aromatic rings. The van der Waals surface area contributed by atoms with Crippen molar-refractivity contribution in [1.29, 1.82) is 0 Å². The maximum absolute atomic E-state index is 13.1. The van der Waals surface area contributed by atoms with Crippen LogP contribution in [0.2, 0.25) is 0 Å². The number of aromatic nitrogens is 1. The van der Waals surface area contributed by atoms with Gasteiger partial charge in [-0.15, -0.1) is 0 Å². The minimum absolute atomic E-state index is 0.0631. The third-order valence-corrected chi connectivity index (χ3v) is 4.75. The third kappa shape index (κ3) is 2.77. The van der Waals surface area contributed by atoms with Crippen molar-refractivity contribution in [3.63, 3.8) is 0 Å². The zero-order valence-electron chi connectivity index (χ0n) is 15.3. The summed E-state index contributed by atoms with van der Waals surface area (Å²) in [7, 11) is 4.83. The molecule has 0 fully saturated rings. The number of hydrogen-bond acceptors (Lipinski definition) is 4. The molecule has 1 heterocycles. The molecule has 0 bridgehead atoms. The van der Waals surface area contributed by atoms with E-state index in [-0.39, 0.29) is 5.78 Å². The lowest BCUT2D eigenvalue weighted by Gasteiger charge is -2.14. The monoisotopic (exact) mass is 361 g/mol. The summed E-state index contributed by atoms with van der Waals surface area (Å²) in [6.07, 6.45) is 1.74. The predicted molar refractivity (Wildman–Crippen MR) is 105 cm³/mol. The summed E-state index contributed by atoms with van der Waals surface area (Å²) in [6, 6.07) is 15.0. The summed E-state index contributed by atoms with van der Waals surface area (Å²) < 4.78 is 16.3. The first-order chi connectivity index (χ1) is 13.2. The van der Waals surface area contributed by atoms with Gasteiger partial charge in [-0.25, -0.2) is 0 Å². The molecule has 0 aliphatic heterocycles. The fraction of sp³-hybridized carbons (Fsp3) is 0.136. The van der Waals surface area contributed by atoms with E-state index in [1.165, 1.54) is 0 Å². The number of fused-ring (bicyclic) bond motifs is 3. The quantitative estimate of drug-likeness (QED) is 0.418. The third-order valence-electron chi connectivity index (χ3n) is 4.75. The lowest BCUT2D eigenvalue weighted by molar-refractivity contribution is 0.103. The predicted octanol–water partition coefficient (Wildman–Crippen LogP) is 4.58. The van der Waals surface area contributed by atoms with E-state index in [1.807, 2.05) is 42.5 Å². The fourth-order valence-corrected chi connectivity index (χ4v) is 3.39. The Bertz CT molecular complexity index is 1150. The lowest BCUT2D eigenvalue weighted by atomic mass is 9.93. The fourth-order valence-electron chi connectivity index (χ4n) is 3.39. The maximum atomic E-state index is 13.1. The van der Waals surface area contributed by atoms with Crippen molar-refractivity contribution < 1.29 is 19.0 Å². The number of methoxy groups -OCH3 is 3. The van der Waals surface area contributed by atoms with Crippen molar-refractivity contribution in [2.24, 2.45) is 0 Å². The number of carbonyl (C=O) groups is 1. The molecule has 136 valence electrons. The topological polar surface area (TPSA) is 60.6 Å². The van der Waals surface area contributed by atoms with Crippen molar-refractivity contribution in [2.45, 2.75) is 0 Å². The van der Waals surface area contributed by atoms with Gasteiger partial charge < -0.3 is 19.2 Å². The van der Waals surface area contributed by atoms with Crippen molar-refractivity contribution in [2.75, 3.05) is 21.3 Å². The molecule has 5 heteroatoms. The van der Waals surface area contributed by atoms with Crippen LogP contribution in [-0.2, 0) is 0 Å². The van der Waals surface area contributed by atoms with Gasteiger partial charge in [-0.05, 0) is 70.1 Å². The Morgan fingerprint density at radius 2 is 1.59 bits per heavy atom. The highest BCUT2D eigenvalue weighted by Gasteiger charge is 2.18. The Kier molecular flexibility index (Phi) is 4.20. The Labute approximate surface area is 156 Å². The zero-order chi connectivity index (χ0) is 19.0. The van der Waals surface area contributed by atoms with Crippen molar-refractivity contribution >= 4 is 27.3 Å². The molecule has 0 amide bonds. The van der Waals surface area contributed by atoms with Crippen molar-refractivity contribution in [3.05, 3.63) is 66.0 Å². The van der Waals surface area contributed by atoms with Crippen LogP contribution in [0.5, 0.6) is 17.2 Å². The second-order valence-electron chi connectivity index (χ2n) is 6.18. The first kappa shape index (κ1) is 17.0. The van der Waals surface area contributed by atoms with E-state index in [4.69, 9.17) is 14.2 Å². The van der Waals surface area contributed by atoms with Gasteiger partial charge in [0.05, 0.1) is 27.0 Å². The van der Waals surface area contributed by atoms with Crippen molar-refractivity contribution in [3.8, 4) is 17.2 Å². The number of ether oxygens (including phenoxy) is 3. The standard InChI is InChI=1S/C22H19NO4/c1-25-14-6-7-15-17(11-14)16-12-21(27-3)20(26-2)10-13(16)9-18(15)22(24)19-5-4-8-23-19/h4-12,23H,1-3H3. The van der Waals surface area contributed by atoms with Crippen LogP contribution in [0.3, 0.4) is 0 Å². The van der Waals surface area contributed by atoms with Crippen molar-refractivity contribution in [1.82, 2.24) is 4.98 Å². The molecule has 0 atom stereocenters. The van der Waals surface area contributed by atoms with Crippen LogP contribution in [0.1, 0.15) is 16.1 Å². The van der Waals surface area contributed by atoms with Crippen LogP contribution < -0.4 is 14.2 Å². The van der Waals surface area contributed by atoms with E-state index >= 15 is 0 Å². The summed E-state index contributed by atoms with van der Waals surface area (Å²) in [5.41, 5.74) is 1.17. The van der Waals surface area contributed by atoms with Crippen LogP contribution in [0, 0.1) is 0 Å². The number of nitrogens with one attached hydrogen (secondary N) is 1. The summed E-state index contributed by atoms with van der Waals surface area (Å²) in [6.45, 7) is 0. The van der Waals surface area contributed by atoms with Gasteiger partial charge in [0.25, 0.3) is 0 Å². The Morgan fingerprint density at radius 3 is 2.26 bits per heavy atom. The van der Waals surface area contributed by atoms with Gasteiger partial charge in [-0.1, -0.05) is 0 Å². The normalized spacial score (nSPS) is 10.9. The minimum atomic E-state index is -0.0631. The molecule has 0 spiro atoms. The average molecular weight is 361 g/mol. The molecular formula is C22H19NO4. The first-order valence-corrected chi connectivity index (χ1v) is 8.51. The highest BCUT2D eigenvalue weighted by molar-refractivity contribution is 6.22. The average Bonchev–Trinajstić information content (AvgIpc) is 3.26. The summed E-state index contributed by atoms with van der Waals surface area (Å²) in [5, 5.41) is 3.63. The van der Waals surface area contributed by atoms with Crippen LogP contribution in [0.25, 0.3) is 21.5 Å². The summed E-state index contributed by atoms with van der Waals surface area (Å²) in [4.78, 5) is 16.1. The molecule has 4 rings (SSSR count). The van der Waals surface area contributed by atoms with Gasteiger partial charge in [0.1, 0.15) is 5.75 Å². The van der Waals surface area contributed by atoms with Gasteiger partial charge in [0.2, 0.25) is 5.78 Å². The second-order valence-corrected chi connectivity index (χ2v) is 6.18. The molecule has 1 aromatic heterocycles.